The average Bonchev–Trinajstić information content (AvgIpc) is 2.93. The summed E-state index contributed by atoms with van der Waals surface area (Å²) >= 11 is 0. The summed E-state index contributed by atoms with van der Waals surface area (Å²) < 4.78 is 18.8. The smallest absolute Gasteiger partial charge is 0.339 e. The molecule has 8 heteroatoms. The molecule has 2 heterocycles. The lowest BCUT2D eigenvalue weighted by molar-refractivity contribution is -0.134. The third kappa shape index (κ3) is 3.30. The van der Waals surface area contributed by atoms with E-state index in [1.807, 2.05) is 0 Å². The quantitative estimate of drug-likeness (QED) is 0.873. The molecule has 26 heavy (non-hydrogen) atoms. The maximum Gasteiger partial charge on any atom is 0.339 e. The van der Waals surface area contributed by atoms with Crippen molar-refractivity contribution in [2.45, 2.75) is 25.8 Å². The van der Waals surface area contributed by atoms with Crippen LogP contribution in [0, 0.1) is 12.7 Å². The van der Waals surface area contributed by atoms with Crippen molar-refractivity contribution >= 4 is 23.5 Å². The van der Waals surface area contributed by atoms with Gasteiger partial charge in [-0.2, -0.15) is 0 Å². The van der Waals surface area contributed by atoms with Crippen LogP contribution in [0.1, 0.15) is 39.8 Å². The van der Waals surface area contributed by atoms with E-state index in [9.17, 15) is 18.8 Å². The largest absolute Gasteiger partial charge is 0.478 e. The maximum absolute atomic E-state index is 13.4. The van der Waals surface area contributed by atoms with Crippen LogP contribution in [0.5, 0.6) is 0 Å². The molecule has 1 aliphatic heterocycles. The molecular weight excluding hydrogens is 343 g/mol. The fourth-order valence-corrected chi connectivity index (χ4v) is 3.07. The zero-order valence-electron chi connectivity index (χ0n) is 14.2. The van der Waals surface area contributed by atoms with Crippen LogP contribution >= 0.6 is 0 Å². The number of amides is 2. The molecule has 0 aliphatic carbocycles. The summed E-state index contributed by atoms with van der Waals surface area (Å²) in [5.41, 5.74) is 0.874. The topological polar surface area (TPSA) is 99.9 Å². The number of carboxylic acids is 1. The van der Waals surface area contributed by atoms with Crippen molar-refractivity contribution in [2.24, 2.45) is 0 Å². The van der Waals surface area contributed by atoms with E-state index < -0.39 is 17.7 Å². The molecule has 1 atom stereocenters. The Hall–Kier alpha value is -3.16. The third-order valence-corrected chi connectivity index (χ3v) is 4.32. The first-order chi connectivity index (χ1) is 12.3. The first kappa shape index (κ1) is 17.7. The Morgan fingerprint density at radius 3 is 2.77 bits per heavy atom. The van der Waals surface area contributed by atoms with E-state index in [4.69, 9.17) is 9.52 Å². The number of nitrogens with one attached hydrogen (secondary N) is 1. The number of furan rings is 1. The van der Waals surface area contributed by atoms with E-state index in [2.05, 4.69) is 5.32 Å². The second-order valence-corrected chi connectivity index (χ2v) is 6.22. The summed E-state index contributed by atoms with van der Waals surface area (Å²) in [5, 5.41) is 11.6. The predicted octanol–water partition coefficient (Wildman–Crippen LogP) is 2.51. The van der Waals surface area contributed by atoms with Gasteiger partial charge in [0.2, 0.25) is 11.8 Å². The Balaban J connectivity index is 1.82. The highest BCUT2D eigenvalue weighted by molar-refractivity contribution is 6.01. The van der Waals surface area contributed by atoms with E-state index in [0.717, 1.165) is 0 Å². The van der Waals surface area contributed by atoms with Gasteiger partial charge >= 0.3 is 5.97 Å². The summed E-state index contributed by atoms with van der Waals surface area (Å²) in [6.45, 7) is 1.59. The van der Waals surface area contributed by atoms with Gasteiger partial charge in [0.05, 0.1) is 12.5 Å². The molecule has 0 saturated heterocycles. The molecule has 7 nitrogen and oxygen atoms in total. The second kappa shape index (κ2) is 6.62. The Morgan fingerprint density at radius 1 is 1.38 bits per heavy atom. The zero-order valence-corrected chi connectivity index (χ0v) is 14.2. The Labute approximate surface area is 148 Å². The molecule has 0 spiro atoms. The molecule has 1 aromatic carbocycles. The van der Waals surface area contributed by atoms with Crippen LogP contribution in [0.2, 0.25) is 0 Å². The maximum atomic E-state index is 13.4. The van der Waals surface area contributed by atoms with Crippen LogP contribution in [0.15, 0.2) is 28.7 Å². The van der Waals surface area contributed by atoms with Crippen LogP contribution in [0.3, 0.4) is 0 Å². The van der Waals surface area contributed by atoms with E-state index in [0.29, 0.717) is 11.3 Å². The lowest BCUT2D eigenvalue weighted by Gasteiger charge is -2.28. The molecule has 0 saturated carbocycles. The normalized spacial score (nSPS) is 16.0. The van der Waals surface area contributed by atoms with Gasteiger partial charge in [0.1, 0.15) is 22.9 Å². The summed E-state index contributed by atoms with van der Waals surface area (Å²) in [6, 6.07) is 5.28. The lowest BCUT2D eigenvalue weighted by atomic mass is 9.89. The van der Waals surface area contributed by atoms with Crippen molar-refractivity contribution in [3.05, 3.63) is 52.7 Å². The van der Waals surface area contributed by atoms with Crippen molar-refractivity contribution in [2.75, 3.05) is 12.4 Å². The van der Waals surface area contributed by atoms with Crippen LogP contribution in [0.25, 0.3) is 0 Å². The van der Waals surface area contributed by atoms with Gasteiger partial charge in [0, 0.05) is 19.2 Å². The number of nitrogens with zero attached hydrogens (tertiary/aromatic N) is 1. The number of aryl methyl sites for hydroxylation is 1. The number of likely N-dealkylation sites (N-methyl/N-ethyl adjacent to an activating group) is 1. The first-order valence-electron chi connectivity index (χ1n) is 7.93. The van der Waals surface area contributed by atoms with Crippen LogP contribution < -0.4 is 5.32 Å². The standard InChI is InChI=1S/C18H17FN2O5/c1-9-13(18(24)25)6-11(26-9)8-21(2)17(23)14-7-16(22)20-15-5-10(19)3-4-12(14)15/h3-6,14H,7-8H2,1-2H3,(H,20,22)(H,24,25)/t14-/m1/s1. The van der Waals surface area contributed by atoms with Gasteiger partial charge in [-0.1, -0.05) is 6.07 Å². The Kier molecular flexibility index (Phi) is 4.50. The second-order valence-electron chi connectivity index (χ2n) is 6.22. The van der Waals surface area contributed by atoms with Crippen molar-refractivity contribution < 1.29 is 28.3 Å². The number of rotatable bonds is 4. The number of hydrogen-bond acceptors (Lipinski definition) is 4. The minimum atomic E-state index is -1.11. The lowest BCUT2D eigenvalue weighted by Crippen LogP contribution is -2.36. The number of halogens is 1. The Bertz CT molecular complexity index is 905. The number of anilines is 1. The zero-order chi connectivity index (χ0) is 19.0. The molecule has 2 N–H and O–H groups in total. The number of aromatic carboxylic acids is 1. The SMILES string of the molecule is Cc1oc(CN(C)C(=O)[C@@H]2CC(=O)Nc3cc(F)ccc32)cc1C(=O)O. The van der Waals surface area contributed by atoms with E-state index >= 15 is 0 Å². The van der Waals surface area contributed by atoms with Gasteiger partial charge in [-0.25, -0.2) is 9.18 Å². The van der Waals surface area contributed by atoms with Crippen molar-refractivity contribution in [1.82, 2.24) is 4.90 Å². The van der Waals surface area contributed by atoms with Gasteiger partial charge in [-0.3, -0.25) is 9.59 Å². The van der Waals surface area contributed by atoms with E-state index in [1.54, 1.807) is 0 Å². The number of carbonyl (C=O) groups excluding carboxylic acids is 2. The van der Waals surface area contributed by atoms with Gasteiger partial charge in [0.25, 0.3) is 0 Å². The number of carbonyl (C=O) groups is 3. The predicted molar refractivity (Wildman–Crippen MR) is 89.3 cm³/mol. The average molecular weight is 360 g/mol. The fraction of sp³-hybridized carbons (Fsp3) is 0.278. The molecule has 0 unspecified atom stereocenters. The molecule has 0 radical (unpaired) electrons. The van der Waals surface area contributed by atoms with Gasteiger partial charge in [-0.05, 0) is 30.7 Å². The molecule has 0 fully saturated rings. The van der Waals surface area contributed by atoms with Crippen LogP contribution in [0.4, 0.5) is 10.1 Å². The first-order valence-corrected chi connectivity index (χ1v) is 7.93. The molecule has 3 rings (SSSR count). The minimum Gasteiger partial charge on any atom is -0.478 e. The van der Waals surface area contributed by atoms with Crippen molar-refractivity contribution in [3.8, 4) is 0 Å². The highest BCUT2D eigenvalue weighted by atomic mass is 19.1. The highest BCUT2D eigenvalue weighted by Crippen LogP contribution is 2.34. The number of hydrogen-bond donors (Lipinski definition) is 2. The van der Waals surface area contributed by atoms with Crippen LogP contribution in [-0.2, 0) is 16.1 Å². The number of fused-ring (bicyclic) bond motifs is 1. The number of benzene rings is 1. The summed E-state index contributed by atoms with van der Waals surface area (Å²) in [5.74, 6) is -2.46. The minimum absolute atomic E-state index is 0.0405. The molecule has 136 valence electrons. The highest BCUT2D eigenvalue weighted by Gasteiger charge is 2.33. The Morgan fingerprint density at radius 2 is 2.12 bits per heavy atom. The van der Waals surface area contributed by atoms with E-state index in [-0.39, 0.29) is 41.8 Å². The molecule has 1 aliphatic rings. The molecular formula is C18H17FN2O5. The van der Waals surface area contributed by atoms with E-state index in [1.165, 1.54) is 43.1 Å². The van der Waals surface area contributed by atoms with Crippen molar-refractivity contribution in [1.29, 1.82) is 0 Å². The molecule has 2 amide bonds. The monoisotopic (exact) mass is 360 g/mol. The van der Waals surface area contributed by atoms with Gasteiger partial charge in [-0.15, -0.1) is 0 Å². The van der Waals surface area contributed by atoms with Crippen LogP contribution in [-0.4, -0.2) is 34.8 Å². The summed E-state index contributed by atoms with van der Waals surface area (Å²) in [7, 11) is 1.54. The summed E-state index contributed by atoms with van der Waals surface area (Å²) in [4.78, 5) is 37.1. The van der Waals surface area contributed by atoms with Gasteiger partial charge < -0.3 is 19.7 Å². The number of carboxylic acid groups (broad SMARTS) is 1. The van der Waals surface area contributed by atoms with Gasteiger partial charge in [0.15, 0.2) is 0 Å². The fourth-order valence-electron chi connectivity index (χ4n) is 3.07. The van der Waals surface area contributed by atoms with Crippen molar-refractivity contribution in [3.63, 3.8) is 0 Å². The summed E-state index contributed by atoms with van der Waals surface area (Å²) in [6.07, 6.45) is -0.0423. The molecule has 2 aromatic rings. The molecule has 1 aromatic heterocycles. The third-order valence-electron chi connectivity index (χ3n) is 4.32. The molecule has 0 bridgehead atoms.